The second kappa shape index (κ2) is 7.99. The van der Waals surface area contributed by atoms with E-state index in [0.29, 0.717) is 22.2 Å². The Balaban J connectivity index is 1.96. The average Bonchev–Trinajstić information content (AvgIpc) is 3.45. The molecule has 26 heavy (non-hydrogen) atoms. The number of Topliss-reactive ketones (excluding diaryl/α,β-unsaturated/α-hetero) is 1. The molecule has 5 nitrogen and oxygen atoms in total. The number of aliphatic hydroxyl groups excluding tert-OH is 1. The van der Waals surface area contributed by atoms with Crippen LogP contribution in [0.5, 0.6) is 0 Å². The maximum atomic E-state index is 12.9. The summed E-state index contributed by atoms with van der Waals surface area (Å²) in [6.45, 7) is 2.14. The van der Waals surface area contributed by atoms with Crippen LogP contribution in [0.3, 0.4) is 0 Å². The SMILES string of the molecule is CCOC(=O)C1=CC(C2CC2)c2cc(Cl)c(NCC(O)CCl)cc2C1=O. The van der Waals surface area contributed by atoms with Crippen molar-refractivity contribution in [2.45, 2.75) is 31.8 Å². The summed E-state index contributed by atoms with van der Waals surface area (Å²) in [6, 6.07) is 3.44. The van der Waals surface area contributed by atoms with Crippen molar-refractivity contribution in [2.75, 3.05) is 24.3 Å². The molecule has 2 aliphatic carbocycles. The number of fused-ring (bicyclic) bond motifs is 1. The van der Waals surface area contributed by atoms with Gasteiger partial charge in [0.15, 0.2) is 5.78 Å². The summed E-state index contributed by atoms with van der Waals surface area (Å²) in [5, 5.41) is 13.1. The average molecular weight is 398 g/mol. The zero-order valence-electron chi connectivity index (χ0n) is 14.4. The van der Waals surface area contributed by atoms with Crippen LogP contribution in [0.15, 0.2) is 23.8 Å². The van der Waals surface area contributed by atoms with Crippen LogP contribution < -0.4 is 5.32 Å². The van der Waals surface area contributed by atoms with Gasteiger partial charge in [0.05, 0.1) is 29.3 Å². The minimum atomic E-state index is -0.728. The molecule has 0 aromatic heterocycles. The first-order valence-electron chi connectivity index (χ1n) is 8.71. The quantitative estimate of drug-likeness (QED) is 0.418. The number of nitrogens with one attached hydrogen (secondary N) is 1. The van der Waals surface area contributed by atoms with E-state index in [1.807, 2.05) is 0 Å². The number of hydrogen-bond donors (Lipinski definition) is 2. The lowest BCUT2D eigenvalue weighted by atomic mass is 9.80. The summed E-state index contributed by atoms with van der Waals surface area (Å²) < 4.78 is 5.05. The highest BCUT2D eigenvalue weighted by molar-refractivity contribution is 6.34. The van der Waals surface area contributed by atoms with Crippen molar-refractivity contribution in [1.82, 2.24) is 0 Å². The topological polar surface area (TPSA) is 75.6 Å². The highest BCUT2D eigenvalue weighted by atomic mass is 35.5. The highest BCUT2D eigenvalue weighted by Crippen LogP contribution is 2.48. The third kappa shape index (κ3) is 3.90. The van der Waals surface area contributed by atoms with Gasteiger partial charge in [-0.25, -0.2) is 4.79 Å². The van der Waals surface area contributed by atoms with E-state index in [4.69, 9.17) is 27.9 Å². The molecule has 0 heterocycles. The van der Waals surface area contributed by atoms with Gasteiger partial charge in [-0.3, -0.25) is 4.79 Å². The maximum Gasteiger partial charge on any atom is 0.341 e. The molecule has 2 aliphatic rings. The molecular formula is C19H21Cl2NO4. The van der Waals surface area contributed by atoms with Crippen LogP contribution in [0.25, 0.3) is 0 Å². The van der Waals surface area contributed by atoms with Crippen LogP contribution in [0.1, 0.15) is 41.6 Å². The number of ether oxygens (including phenoxy) is 1. The van der Waals surface area contributed by atoms with Crippen LogP contribution in [-0.2, 0) is 9.53 Å². The van der Waals surface area contributed by atoms with Gasteiger partial charge in [0.2, 0.25) is 0 Å². The smallest absolute Gasteiger partial charge is 0.341 e. The highest BCUT2D eigenvalue weighted by Gasteiger charge is 2.39. The Bertz CT molecular complexity index is 758. The Morgan fingerprint density at radius 2 is 2.15 bits per heavy atom. The molecule has 1 fully saturated rings. The van der Waals surface area contributed by atoms with E-state index in [2.05, 4.69) is 5.32 Å². The minimum Gasteiger partial charge on any atom is -0.462 e. The number of carbonyl (C=O) groups is 2. The number of hydrogen-bond acceptors (Lipinski definition) is 5. The molecule has 1 aromatic carbocycles. The van der Waals surface area contributed by atoms with Crippen molar-refractivity contribution in [3.63, 3.8) is 0 Å². The van der Waals surface area contributed by atoms with Gasteiger partial charge in [-0.2, -0.15) is 0 Å². The molecule has 7 heteroatoms. The second-order valence-corrected chi connectivity index (χ2v) is 7.32. The van der Waals surface area contributed by atoms with Crippen molar-refractivity contribution >= 4 is 40.6 Å². The van der Waals surface area contributed by atoms with Gasteiger partial charge >= 0.3 is 5.97 Å². The Morgan fingerprint density at radius 3 is 2.77 bits per heavy atom. The van der Waals surface area contributed by atoms with Crippen molar-refractivity contribution in [2.24, 2.45) is 5.92 Å². The molecule has 0 bridgehead atoms. The van der Waals surface area contributed by atoms with Gasteiger partial charge in [-0.15, -0.1) is 11.6 Å². The second-order valence-electron chi connectivity index (χ2n) is 6.60. The number of benzene rings is 1. The summed E-state index contributed by atoms with van der Waals surface area (Å²) in [5.41, 5.74) is 1.92. The van der Waals surface area contributed by atoms with Crippen LogP contribution in [0, 0.1) is 5.92 Å². The van der Waals surface area contributed by atoms with Crippen molar-refractivity contribution in [3.05, 3.63) is 39.9 Å². The summed E-state index contributed by atoms with van der Waals surface area (Å²) in [7, 11) is 0. The Hall–Kier alpha value is -1.56. The van der Waals surface area contributed by atoms with Crippen LogP contribution in [0.2, 0.25) is 5.02 Å². The van der Waals surface area contributed by atoms with Gasteiger partial charge in [0.1, 0.15) is 5.57 Å². The molecule has 1 saturated carbocycles. The monoisotopic (exact) mass is 397 g/mol. The molecule has 0 spiro atoms. The fraction of sp³-hybridized carbons (Fsp3) is 0.474. The first-order chi connectivity index (χ1) is 12.5. The molecule has 140 valence electrons. The standard InChI is InChI=1S/C19H21Cl2NO4/c1-2-26-19(25)15-5-12(10-3-4-10)13-6-16(21)17(7-14(13)18(15)24)22-9-11(23)8-20/h5-7,10-12,22-23H,2-4,8-9H2,1H3. The van der Waals surface area contributed by atoms with E-state index in [-0.39, 0.29) is 36.3 Å². The fourth-order valence-corrected chi connectivity index (χ4v) is 3.53. The molecule has 2 atom stereocenters. The number of allylic oxidation sites excluding steroid dienone is 1. The normalized spacial score (nSPS) is 20.2. The number of carbonyl (C=O) groups excluding carboxylic acids is 2. The third-order valence-corrected chi connectivity index (χ3v) is 5.33. The zero-order valence-corrected chi connectivity index (χ0v) is 15.9. The summed E-state index contributed by atoms with van der Waals surface area (Å²) in [4.78, 5) is 25.1. The number of aliphatic hydroxyl groups is 1. The predicted molar refractivity (Wildman–Crippen MR) is 101 cm³/mol. The Kier molecular flexibility index (Phi) is 5.90. The molecule has 1 aromatic rings. The van der Waals surface area contributed by atoms with E-state index in [9.17, 15) is 14.7 Å². The molecule has 2 unspecified atom stereocenters. The number of halogens is 2. The van der Waals surface area contributed by atoms with E-state index in [1.165, 1.54) is 0 Å². The molecule has 3 rings (SSSR count). The molecular weight excluding hydrogens is 377 g/mol. The van der Waals surface area contributed by atoms with Crippen LogP contribution >= 0.6 is 23.2 Å². The first kappa shape index (κ1) is 19.2. The lowest BCUT2D eigenvalue weighted by molar-refractivity contribution is -0.138. The number of rotatable bonds is 7. The zero-order chi connectivity index (χ0) is 18.8. The van der Waals surface area contributed by atoms with Crippen molar-refractivity contribution < 1.29 is 19.4 Å². The summed E-state index contributed by atoms with van der Waals surface area (Å²) in [6.07, 6.45) is 3.13. The minimum absolute atomic E-state index is 0.0120. The Labute approximate surface area is 162 Å². The van der Waals surface area contributed by atoms with Gasteiger partial charge in [0, 0.05) is 18.0 Å². The van der Waals surface area contributed by atoms with Gasteiger partial charge < -0.3 is 15.2 Å². The van der Waals surface area contributed by atoms with E-state index in [1.54, 1.807) is 25.1 Å². The van der Waals surface area contributed by atoms with Gasteiger partial charge in [0.25, 0.3) is 0 Å². The van der Waals surface area contributed by atoms with Crippen LogP contribution in [-0.4, -0.2) is 42.0 Å². The largest absolute Gasteiger partial charge is 0.462 e. The molecule has 0 saturated heterocycles. The third-order valence-electron chi connectivity index (χ3n) is 4.67. The number of anilines is 1. The number of ketones is 1. The van der Waals surface area contributed by atoms with Crippen LogP contribution in [0.4, 0.5) is 5.69 Å². The summed E-state index contributed by atoms with van der Waals surface area (Å²) in [5.74, 6) is -0.446. The maximum absolute atomic E-state index is 12.9. The number of alkyl halides is 1. The first-order valence-corrected chi connectivity index (χ1v) is 9.62. The fourth-order valence-electron chi connectivity index (χ4n) is 3.18. The van der Waals surface area contributed by atoms with Gasteiger partial charge in [-0.05, 0) is 43.4 Å². The van der Waals surface area contributed by atoms with Gasteiger partial charge in [-0.1, -0.05) is 17.7 Å². The van der Waals surface area contributed by atoms with Crippen molar-refractivity contribution in [1.29, 1.82) is 0 Å². The lowest BCUT2D eigenvalue weighted by Gasteiger charge is -2.25. The number of esters is 1. The van der Waals surface area contributed by atoms with E-state index < -0.39 is 12.1 Å². The predicted octanol–water partition coefficient (Wildman–Crippen LogP) is 3.53. The molecule has 0 amide bonds. The molecule has 0 radical (unpaired) electrons. The lowest BCUT2D eigenvalue weighted by Crippen LogP contribution is -2.25. The van der Waals surface area contributed by atoms with Crippen molar-refractivity contribution in [3.8, 4) is 0 Å². The Morgan fingerprint density at radius 1 is 1.42 bits per heavy atom. The van der Waals surface area contributed by atoms with E-state index >= 15 is 0 Å². The molecule has 2 N–H and O–H groups in total. The molecule has 0 aliphatic heterocycles. The van der Waals surface area contributed by atoms with E-state index in [0.717, 1.165) is 18.4 Å². The summed E-state index contributed by atoms with van der Waals surface area (Å²) >= 11 is 12.0.